The molecule has 0 saturated carbocycles. The van der Waals surface area contributed by atoms with E-state index in [4.69, 9.17) is 0 Å². The molecule has 2 heteroatoms. The zero-order valence-electron chi connectivity index (χ0n) is 10.3. The first-order chi connectivity index (χ1) is 8.27. The maximum atomic E-state index is 12.0. The van der Waals surface area contributed by atoms with Crippen molar-refractivity contribution in [1.29, 1.82) is 0 Å². The molecule has 0 aliphatic heterocycles. The predicted molar refractivity (Wildman–Crippen MR) is 68.3 cm³/mol. The third kappa shape index (κ3) is 1.88. The van der Waals surface area contributed by atoms with E-state index >= 15 is 0 Å². The van der Waals surface area contributed by atoms with Gasteiger partial charge in [0.1, 0.15) is 0 Å². The van der Waals surface area contributed by atoms with Crippen molar-refractivity contribution in [2.24, 2.45) is 5.92 Å². The molecule has 2 aliphatic carbocycles. The van der Waals surface area contributed by atoms with E-state index in [0.717, 1.165) is 17.5 Å². The highest BCUT2D eigenvalue weighted by Crippen LogP contribution is 2.44. The van der Waals surface area contributed by atoms with Crippen LogP contribution >= 0.6 is 0 Å². The van der Waals surface area contributed by atoms with Crippen molar-refractivity contribution in [3.05, 3.63) is 47.2 Å². The van der Waals surface area contributed by atoms with Crippen LogP contribution in [-0.4, -0.2) is 10.9 Å². The van der Waals surface area contributed by atoms with Crippen molar-refractivity contribution < 1.29 is 9.90 Å². The minimum atomic E-state index is -0.115. The summed E-state index contributed by atoms with van der Waals surface area (Å²) in [6.45, 7) is 4.00. The summed E-state index contributed by atoms with van der Waals surface area (Å²) in [7, 11) is 0. The molecule has 1 N–H and O–H groups in total. The fourth-order valence-electron chi connectivity index (χ4n) is 2.72. The molecule has 17 heavy (non-hydrogen) atoms. The zero-order chi connectivity index (χ0) is 12.4. The molecule has 0 heterocycles. The highest BCUT2D eigenvalue weighted by atomic mass is 16.3. The van der Waals surface area contributed by atoms with E-state index in [9.17, 15) is 9.90 Å². The monoisotopic (exact) mass is 230 g/mol. The number of carbonyl (C=O) groups is 1. The first kappa shape index (κ1) is 11.9. The molecule has 1 aromatic carbocycles. The summed E-state index contributed by atoms with van der Waals surface area (Å²) < 4.78 is 0. The summed E-state index contributed by atoms with van der Waals surface area (Å²) in [6.07, 6.45) is 3.31. The number of rotatable bonds is 0. The number of hydrogen-bond acceptors (Lipinski definition) is 2. The van der Waals surface area contributed by atoms with Crippen LogP contribution in [0.3, 0.4) is 0 Å². The van der Waals surface area contributed by atoms with Crippen LogP contribution in [0.25, 0.3) is 0 Å². The van der Waals surface area contributed by atoms with E-state index in [0.29, 0.717) is 18.1 Å². The molecule has 2 nitrogen and oxygen atoms in total. The van der Waals surface area contributed by atoms with Gasteiger partial charge in [-0.3, -0.25) is 4.79 Å². The number of Topliss-reactive ketones (excluding diaryl/α,β-unsaturated/α-hetero) is 1. The highest BCUT2D eigenvalue weighted by Gasteiger charge is 2.39. The number of benzene rings is 1. The van der Waals surface area contributed by atoms with Crippen molar-refractivity contribution in [1.82, 2.24) is 0 Å². The molecule has 0 bridgehead atoms. The highest BCUT2D eigenvalue weighted by molar-refractivity contribution is 6.04. The van der Waals surface area contributed by atoms with Gasteiger partial charge in [0.05, 0.1) is 11.7 Å². The molecule has 0 spiro atoms. The third-order valence-electron chi connectivity index (χ3n) is 3.45. The van der Waals surface area contributed by atoms with Gasteiger partial charge >= 0.3 is 0 Å². The minimum Gasteiger partial charge on any atom is -0.513 e. The minimum absolute atomic E-state index is 0.115. The van der Waals surface area contributed by atoms with E-state index in [1.54, 1.807) is 6.08 Å². The lowest BCUT2D eigenvalue weighted by molar-refractivity contribution is 0.0940. The topological polar surface area (TPSA) is 37.3 Å². The van der Waals surface area contributed by atoms with Gasteiger partial charge < -0.3 is 5.11 Å². The number of hydrogen-bond donors (Lipinski definition) is 1. The molecule has 0 fully saturated rings. The lowest BCUT2D eigenvalue weighted by Gasteiger charge is -2.21. The second kappa shape index (κ2) is 4.74. The fourth-order valence-corrected chi connectivity index (χ4v) is 2.72. The van der Waals surface area contributed by atoms with Crippen LogP contribution in [-0.2, 0) is 0 Å². The molecule has 90 valence electrons. The SMILES string of the molecule is CC.O=C1c2ccccc2C2CCC(O)=CC12. The van der Waals surface area contributed by atoms with Crippen molar-refractivity contribution in [2.45, 2.75) is 32.6 Å². The molecule has 0 radical (unpaired) electrons. The van der Waals surface area contributed by atoms with E-state index in [1.165, 1.54) is 0 Å². The molecule has 2 atom stereocenters. The molecule has 0 aromatic heterocycles. The van der Waals surface area contributed by atoms with Gasteiger partial charge in [0.15, 0.2) is 5.78 Å². The average Bonchev–Trinajstić information content (AvgIpc) is 2.66. The number of aliphatic hydroxyl groups excluding tert-OH is 1. The Morgan fingerprint density at radius 2 is 1.94 bits per heavy atom. The fraction of sp³-hybridized carbons (Fsp3) is 0.400. The zero-order valence-corrected chi connectivity index (χ0v) is 10.3. The lowest BCUT2D eigenvalue weighted by Crippen LogP contribution is -2.15. The van der Waals surface area contributed by atoms with Crippen LogP contribution in [0.15, 0.2) is 36.1 Å². The molecular weight excluding hydrogens is 212 g/mol. The van der Waals surface area contributed by atoms with Gasteiger partial charge in [0.25, 0.3) is 0 Å². The quantitative estimate of drug-likeness (QED) is 0.735. The predicted octanol–water partition coefficient (Wildman–Crippen LogP) is 3.84. The van der Waals surface area contributed by atoms with Crippen molar-refractivity contribution >= 4 is 5.78 Å². The lowest BCUT2D eigenvalue weighted by atomic mass is 9.83. The van der Waals surface area contributed by atoms with Crippen LogP contribution in [0.2, 0.25) is 0 Å². The smallest absolute Gasteiger partial charge is 0.170 e. The van der Waals surface area contributed by atoms with Crippen LogP contribution in [0, 0.1) is 5.92 Å². The molecule has 2 unspecified atom stereocenters. The van der Waals surface area contributed by atoms with Crippen molar-refractivity contribution in [3.63, 3.8) is 0 Å². The van der Waals surface area contributed by atoms with Crippen molar-refractivity contribution in [2.75, 3.05) is 0 Å². The molecule has 2 aliphatic rings. The molecule has 3 rings (SSSR count). The molecule has 0 saturated heterocycles. The molecule has 0 amide bonds. The Morgan fingerprint density at radius 3 is 2.71 bits per heavy atom. The Labute approximate surface area is 102 Å². The Balaban J connectivity index is 0.000000514. The summed E-state index contributed by atoms with van der Waals surface area (Å²) in [5.74, 6) is 0.722. The van der Waals surface area contributed by atoms with Crippen LogP contribution in [0.4, 0.5) is 0 Å². The van der Waals surface area contributed by atoms with Gasteiger partial charge in [-0.15, -0.1) is 0 Å². The maximum absolute atomic E-state index is 12.0. The van der Waals surface area contributed by atoms with Gasteiger partial charge in [-0.2, -0.15) is 0 Å². The number of carbonyl (C=O) groups excluding carboxylic acids is 1. The summed E-state index contributed by atoms with van der Waals surface area (Å²) in [5.41, 5.74) is 2.01. The number of ketones is 1. The molecular formula is C15H18O2. The third-order valence-corrected chi connectivity index (χ3v) is 3.45. The van der Waals surface area contributed by atoms with E-state index in [-0.39, 0.29) is 11.7 Å². The Hall–Kier alpha value is -1.57. The summed E-state index contributed by atoms with van der Waals surface area (Å²) in [4.78, 5) is 12.0. The average molecular weight is 230 g/mol. The normalized spacial score (nSPS) is 25.3. The van der Waals surface area contributed by atoms with Crippen LogP contribution in [0.1, 0.15) is 48.5 Å². The summed E-state index contributed by atoms with van der Waals surface area (Å²) >= 11 is 0. The first-order valence-electron chi connectivity index (χ1n) is 6.30. The van der Waals surface area contributed by atoms with E-state index < -0.39 is 0 Å². The Kier molecular flexibility index (Phi) is 3.32. The Morgan fingerprint density at radius 1 is 1.24 bits per heavy atom. The van der Waals surface area contributed by atoms with Crippen molar-refractivity contribution in [3.8, 4) is 0 Å². The number of allylic oxidation sites excluding steroid dienone is 2. The van der Waals surface area contributed by atoms with Crippen LogP contribution in [0.5, 0.6) is 0 Å². The van der Waals surface area contributed by atoms with Gasteiger partial charge in [0.2, 0.25) is 0 Å². The first-order valence-corrected chi connectivity index (χ1v) is 6.30. The second-order valence-corrected chi connectivity index (χ2v) is 4.28. The van der Waals surface area contributed by atoms with Crippen LogP contribution < -0.4 is 0 Å². The number of aliphatic hydroxyl groups is 1. The standard InChI is InChI=1S/C13H12O2.C2H6/c14-8-5-6-10-9-3-1-2-4-11(9)13(15)12(10)7-8;1-2/h1-4,7,10,12,14H,5-6H2;1-2H3. The second-order valence-electron chi connectivity index (χ2n) is 4.28. The summed E-state index contributed by atoms with van der Waals surface area (Å²) in [5, 5.41) is 9.46. The van der Waals surface area contributed by atoms with Gasteiger partial charge in [-0.1, -0.05) is 38.1 Å². The van der Waals surface area contributed by atoms with E-state index in [2.05, 4.69) is 0 Å². The number of fused-ring (bicyclic) bond motifs is 3. The van der Waals surface area contributed by atoms with Gasteiger partial charge in [-0.05, 0) is 24.0 Å². The summed E-state index contributed by atoms with van der Waals surface area (Å²) in [6, 6.07) is 7.80. The van der Waals surface area contributed by atoms with E-state index in [1.807, 2.05) is 38.1 Å². The largest absolute Gasteiger partial charge is 0.513 e. The van der Waals surface area contributed by atoms with Gasteiger partial charge in [-0.25, -0.2) is 0 Å². The Bertz CT molecular complexity index is 460. The molecule has 1 aromatic rings. The van der Waals surface area contributed by atoms with Gasteiger partial charge in [0, 0.05) is 12.0 Å². The maximum Gasteiger partial charge on any atom is 0.170 e.